The summed E-state index contributed by atoms with van der Waals surface area (Å²) in [6.45, 7) is 1.52. The number of carboxylic acid groups (broad SMARTS) is 1. The van der Waals surface area contributed by atoms with Gasteiger partial charge in [-0.15, -0.1) is 5.10 Å². The van der Waals surface area contributed by atoms with Crippen LogP contribution in [0.2, 0.25) is 0 Å². The molecule has 1 aliphatic heterocycles. The highest BCUT2D eigenvalue weighted by Crippen LogP contribution is 2.21. The van der Waals surface area contributed by atoms with Gasteiger partial charge in [0, 0.05) is 19.5 Å². The summed E-state index contributed by atoms with van der Waals surface area (Å²) in [6, 6.07) is -0.0130. The van der Waals surface area contributed by atoms with Crippen LogP contribution in [0.5, 0.6) is 0 Å². The van der Waals surface area contributed by atoms with E-state index >= 15 is 0 Å². The fraction of sp³-hybridized carbons (Fsp3) is 0.455. The molecule has 0 saturated carbocycles. The highest BCUT2D eigenvalue weighted by Gasteiger charge is 2.32. The fourth-order valence-corrected chi connectivity index (χ4v) is 2.10. The van der Waals surface area contributed by atoms with Gasteiger partial charge >= 0.3 is 5.97 Å². The van der Waals surface area contributed by atoms with Crippen LogP contribution < -0.4 is 0 Å². The SMILES string of the molecule is O=C(O)c1cn(C2CN(C(=O)CCn3cncn3)C2)nn1. The second-order valence-electron chi connectivity index (χ2n) is 4.75. The summed E-state index contributed by atoms with van der Waals surface area (Å²) in [6.07, 6.45) is 4.72. The number of aromatic carboxylic acids is 1. The maximum absolute atomic E-state index is 11.9. The fourth-order valence-electron chi connectivity index (χ4n) is 2.10. The lowest BCUT2D eigenvalue weighted by atomic mass is 10.1. The molecule has 1 saturated heterocycles. The van der Waals surface area contributed by atoms with E-state index in [0.29, 0.717) is 26.1 Å². The van der Waals surface area contributed by atoms with Crippen LogP contribution in [0.1, 0.15) is 23.0 Å². The molecule has 0 radical (unpaired) electrons. The van der Waals surface area contributed by atoms with Crippen LogP contribution in [-0.4, -0.2) is 64.7 Å². The number of hydrogen-bond acceptors (Lipinski definition) is 6. The number of likely N-dealkylation sites (tertiary alicyclic amines) is 1. The van der Waals surface area contributed by atoms with Crippen molar-refractivity contribution < 1.29 is 14.7 Å². The van der Waals surface area contributed by atoms with Crippen LogP contribution in [0.25, 0.3) is 0 Å². The molecule has 10 nitrogen and oxygen atoms in total. The third-order valence-electron chi connectivity index (χ3n) is 3.34. The standard InChI is InChI=1S/C11H13N7O3/c19-10(1-2-17-7-12-6-13-17)16-3-8(4-16)18-5-9(11(20)21)14-15-18/h5-8H,1-4H2,(H,20,21). The minimum absolute atomic E-state index is 0.0130. The number of carbonyl (C=O) groups excluding carboxylic acids is 1. The molecule has 1 aliphatic rings. The van der Waals surface area contributed by atoms with Crippen molar-refractivity contribution in [2.75, 3.05) is 13.1 Å². The van der Waals surface area contributed by atoms with Gasteiger partial charge in [0.15, 0.2) is 5.69 Å². The van der Waals surface area contributed by atoms with E-state index in [1.807, 2.05) is 0 Å². The average molecular weight is 291 g/mol. The van der Waals surface area contributed by atoms with E-state index in [-0.39, 0.29) is 17.6 Å². The lowest BCUT2D eigenvalue weighted by Crippen LogP contribution is -2.51. The number of aryl methyl sites for hydroxylation is 1. The van der Waals surface area contributed by atoms with Crippen molar-refractivity contribution in [3.05, 3.63) is 24.5 Å². The molecular formula is C11H13N7O3. The first-order chi connectivity index (χ1) is 10.1. The van der Waals surface area contributed by atoms with Crippen molar-refractivity contribution in [2.45, 2.75) is 19.0 Å². The second-order valence-corrected chi connectivity index (χ2v) is 4.75. The van der Waals surface area contributed by atoms with E-state index in [1.54, 1.807) is 15.9 Å². The number of amides is 1. The number of hydrogen-bond donors (Lipinski definition) is 1. The third kappa shape index (κ3) is 2.73. The van der Waals surface area contributed by atoms with Crippen molar-refractivity contribution in [2.24, 2.45) is 0 Å². The molecule has 0 atom stereocenters. The Morgan fingerprint density at radius 1 is 1.38 bits per heavy atom. The minimum Gasteiger partial charge on any atom is -0.476 e. The van der Waals surface area contributed by atoms with Gasteiger partial charge in [-0.1, -0.05) is 5.21 Å². The molecule has 0 spiro atoms. The van der Waals surface area contributed by atoms with Gasteiger partial charge in [0.1, 0.15) is 12.7 Å². The predicted octanol–water partition coefficient (Wildman–Crippen LogP) is -0.959. The molecule has 21 heavy (non-hydrogen) atoms. The second kappa shape index (κ2) is 5.31. The first-order valence-corrected chi connectivity index (χ1v) is 6.39. The Hall–Kier alpha value is -2.78. The third-order valence-corrected chi connectivity index (χ3v) is 3.34. The van der Waals surface area contributed by atoms with Gasteiger partial charge in [0.25, 0.3) is 0 Å². The largest absolute Gasteiger partial charge is 0.476 e. The van der Waals surface area contributed by atoms with Gasteiger partial charge in [-0.05, 0) is 0 Å². The Kier molecular flexibility index (Phi) is 3.34. The lowest BCUT2D eigenvalue weighted by molar-refractivity contribution is -0.137. The van der Waals surface area contributed by atoms with Crippen LogP contribution in [0.4, 0.5) is 0 Å². The molecule has 0 bridgehead atoms. The lowest BCUT2D eigenvalue weighted by Gasteiger charge is -2.38. The Morgan fingerprint density at radius 3 is 2.81 bits per heavy atom. The predicted molar refractivity (Wildman–Crippen MR) is 67.2 cm³/mol. The van der Waals surface area contributed by atoms with E-state index in [1.165, 1.54) is 17.2 Å². The van der Waals surface area contributed by atoms with Gasteiger partial charge in [-0.2, -0.15) is 5.10 Å². The molecule has 0 unspecified atom stereocenters. The van der Waals surface area contributed by atoms with Crippen LogP contribution in [0.15, 0.2) is 18.9 Å². The van der Waals surface area contributed by atoms with Crippen molar-refractivity contribution >= 4 is 11.9 Å². The monoisotopic (exact) mass is 291 g/mol. The summed E-state index contributed by atoms with van der Waals surface area (Å²) in [5, 5.41) is 20.0. The van der Waals surface area contributed by atoms with Crippen molar-refractivity contribution in [1.29, 1.82) is 0 Å². The van der Waals surface area contributed by atoms with Crippen molar-refractivity contribution in [1.82, 2.24) is 34.7 Å². The molecule has 1 amide bonds. The number of nitrogens with zero attached hydrogens (tertiary/aromatic N) is 7. The van der Waals surface area contributed by atoms with Gasteiger partial charge < -0.3 is 10.0 Å². The highest BCUT2D eigenvalue weighted by molar-refractivity contribution is 5.84. The van der Waals surface area contributed by atoms with Gasteiger partial charge in [-0.25, -0.2) is 14.5 Å². The topological polar surface area (TPSA) is 119 Å². The van der Waals surface area contributed by atoms with E-state index in [4.69, 9.17) is 5.11 Å². The van der Waals surface area contributed by atoms with Crippen LogP contribution in [0.3, 0.4) is 0 Å². The Balaban J connectivity index is 1.48. The quantitative estimate of drug-likeness (QED) is 0.753. The van der Waals surface area contributed by atoms with E-state index < -0.39 is 5.97 Å². The summed E-state index contributed by atoms with van der Waals surface area (Å²) < 4.78 is 3.09. The van der Waals surface area contributed by atoms with E-state index in [9.17, 15) is 9.59 Å². The summed E-state index contributed by atoms with van der Waals surface area (Å²) in [7, 11) is 0. The number of rotatable bonds is 5. The molecule has 2 aromatic rings. The zero-order valence-corrected chi connectivity index (χ0v) is 11.0. The zero-order chi connectivity index (χ0) is 14.8. The van der Waals surface area contributed by atoms with Gasteiger partial charge in [0.05, 0.1) is 18.8 Å². The number of carbonyl (C=O) groups is 2. The number of aromatic nitrogens is 6. The van der Waals surface area contributed by atoms with Crippen LogP contribution >= 0.6 is 0 Å². The summed E-state index contributed by atoms with van der Waals surface area (Å²) in [5.41, 5.74) is -0.0917. The van der Waals surface area contributed by atoms with E-state index in [0.717, 1.165) is 0 Å². The van der Waals surface area contributed by atoms with Crippen LogP contribution in [0, 0.1) is 0 Å². The summed E-state index contributed by atoms with van der Waals surface area (Å²) in [4.78, 5) is 28.2. The molecule has 10 heteroatoms. The molecule has 0 aromatic carbocycles. The maximum Gasteiger partial charge on any atom is 0.358 e. The highest BCUT2D eigenvalue weighted by atomic mass is 16.4. The molecule has 1 N–H and O–H groups in total. The molecule has 110 valence electrons. The first-order valence-electron chi connectivity index (χ1n) is 6.39. The summed E-state index contributed by atoms with van der Waals surface area (Å²) in [5.74, 6) is -1.08. The van der Waals surface area contributed by atoms with Crippen molar-refractivity contribution in [3.63, 3.8) is 0 Å². The van der Waals surface area contributed by atoms with Gasteiger partial charge in [-0.3, -0.25) is 9.48 Å². The molecule has 2 aromatic heterocycles. The Morgan fingerprint density at radius 2 is 2.19 bits per heavy atom. The molecule has 3 rings (SSSR count). The maximum atomic E-state index is 11.9. The molecular weight excluding hydrogens is 278 g/mol. The van der Waals surface area contributed by atoms with Crippen LogP contribution in [-0.2, 0) is 11.3 Å². The zero-order valence-electron chi connectivity index (χ0n) is 11.0. The number of carboxylic acids is 1. The van der Waals surface area contributed by atoms with E-state index in [2.05, 4.69) is 20.4 Å². The smallest absolute Gasteiger partial charge is 0.358 e. The van der Waals surface area contributed by atoms with Gasteiger partial charge in [0.2, 0.25) is 5.91 Å². The molecule has 3 heterocycles. The minimum atomic E-state index is -1.11. The summed E-state index contributed by atoms with van der Waals surface area (Å²) >= 11 is 0. The molecule has 1 fully saturated rings. The first kappa shape index (κ1) is 13.2. The Labute approximate surface area is 119 Å². The average Bonchev–Trinajstić information content (AvgIpc) is 3.06. The van der Waals surface area contributed by atoms with Crippen molar-refractivity contribution in [3.8, 4) is 0 Å². The normalized spacial score (nSPS) is 15.0. The molecule has 0 aliphatic carbocycles. The Bertz CT molecular complexity index is 645.